The molecule has 0 fully saturated rings. The lowest BCUT2D eigenvalue weighted by atomic mass is 9.89. The summed E-state index contributed by atoms with van der Waals surface area (Å²) in [7, 11) is 3.81. The van der Waals surface area contributed by atoms with Crippen LogP contribution in [0.25, 0.3) is 11.1 Å². The number of rotatable bonds is 1. The highest BCUT2D eigenvalue weighted by atomic mass is 32.9. The summed E-state index contributed by atoms with van der Waals surface area (Å²) < 4.78 is 1.44. The Bertz CT molecular complexity index is 613. The molecule has 0 amide bonds. The standard InChI is InChI=1S/C14H16NS3/c1-8-5-6-10-9(7-8)11-12(14(2,3)15-10)17-18-13(11)16-4/h5-7,15H,1-4H3/q+1. The molecule has 4 heteroatoms. The molecular formula is C14H16NS3+. The van der Waals surface area contributed by atoms with Gasteiger partial charge in [-0.05, 0) is 39.2 Å². The zero-order chi connectivity index (χ0) is 12.9. The largest absolute Gasteiger partial charge is 0.375 e. The third-order valence-electron chi connectivity index (χ3n) is 3.28. The van der Waals surface area contributed by atoms with Gasteiger partial charge in [0.25, 0.3) is 4.21 Å². The molecule has 0 radical (unpaired) electrons. The molecule has 1 aromatic heterocycles. The van der Waals surface area contributed by atoms with Gasteiger partial charge in [0.2, 0.25) is 0 Å². The number of hydrogen-bond acceptors (Lipinski definition) is 3. The van der Waals surface area contributed by atoms with E-state index in [-0.39, 0.29) is 5.54 Å². The molecule has 1 N–H and O–H groups in total. The molecule has 0 unspecified atom stereocenters. The number of fused-ring (bicyclic) bond motifs is 3. The van der Waals surface area contributed by atoms with Gasteiger partial charge < -0.3 is 5.32 Å². The van der Waals surface area contributed by atoms with Crippen LogP contribution >= 0.6 is 32.4 Å². The number of benzene rings is 1. The Morgan fingerprint density at radius 3 is 2.83 bits per heavy atom. The Morgan fingerprint density at radius 1 is 1.33 bits per heavy atom. The molecule has 0 bridgehead atoms. The first-order chi connectivity index (χ1) is 8.53. The maximum atomic E-state index is 3.66. The van der Waals surface area contributed by atoms with Gasteiger partial charge in [-0.2, -0.15) is 0 Å². The fourth-order valence-electron chi connectivity index (χ4n) is 2.41. The van der Waals surface area contributed by atoms with Crippen LogP contribution < -0.4 is 5.32 Å². The zero-order valence-electron chi connectivity index (χ0n) is 11.0. The second kappa shape index (κ2) is 4.22. The fourth-order valence-corrected chi connectivity index (χ4v) is 6.76. The minimum Gasteiger partial charge on any atom is -0.375 e. The van der Waals surface area contributed by atoms with E-state index in [4.69, 9.17) is 0 Å². The van der Waals surface area contributed by atoms with Crippen molar-refractivity contribution >= 4 is 38.1 Å². The van der Waals surface area contributed by atoms with Crippen molar-refractivity contribution in [1.29, 1.82) is 0 Å². The van der Waals surface area contributed by atoms with Crippen molar-refractivity contribution in [1.82, 2.24) is 0 Å². The van der Waals surface area contributed by atoms with Crippen LogP contribution in [0.3, 0.4) is 0 Å². The quantitative estimate of drug-likeness (QED) is 0.426. The van der Waals surface area contributed by atoms with Crippen LogP contribution in [0.15, 0.2) is 22.4 Å². The number of anilines is 1. The summed E-state index contributed by atoms with van der Waals surface area (Å²) >= 11 is 1.86. The molecule has 94 valence electrons. The molecule has 2 aromatic rings. The molecule has 0 aliphatic carbocycles. The summed E-state index contributed by atoms with van der Waals surface area (Å²) in [6.07, 6.45) is 2.17. The average Bonchev–Trinajstić information content (AvgIpc) is 2.75. The molecule has 1 nitrogen and oxygen atoms in total. The van der Waals surface area contributed by atoms with Gasteiger partial charge in [-0.15, -0.1) is 0 Å². The Hall–Kier alpha value is -0.580. The van der Waals surface area contributed by atoms with Gasteiger partial charge in [-0.3, -0.25) is 0 Å². The number of aryl methyl sites for hydroxylation is 1. The van der Waals surface area contributed by atoms with E-state index in [1.807, 2.05) is 32.4 Å². The first-order valence-corrected chi connectivity index (χ1v) is 9.30. The monoisotopic (exact) mass is 294 g/mol. The van der Waals surface area contributed by atoms with Gasteiger partial charge in [0.1, 0.15) is 4.88 Å². The van der Waals surface area contributed by atoms with E-state index in [2.05, 4.69) is 50.5 Å². The molecule has 0 atom stereocenters. The van der Waals surface area contributed by atoms with Crippen molar-refractivity contribution in [3.63, 3.8) is 0 Å². The second-order valence-electron chi connectivity index (χ2n) is 5.16. The van der Waals surface area contributed by atoms with E-state index in [1.54, 1.807) is 0 Å². The molecule has 0 spiro atoms. The van der Waals surface area contributed by atoms with Crippen LogP contribution in [0.1, 0.15) is 24.3 Å². The van der Waals surface area contributed by atoms with Crippen LogP contribution in [0, 0.1) is 6.92 Å². The molecular weight excluding hydrogens is 278 g/mol. The predicted molar refractivity (Wildman–Crippen MR) is 85.2 cm³/mol. The van der Waals surface area contributed by atoms with Crippen molar-refractivity contribution < 1.29 is 0 Å². The van der Waals surface area contributed by atoms with E-state index >= 15 is 0 Å². The van der Waals surface area contributed by atoms with Gasteiger partial charge in [0, 0.05) is 11.3 Å². The molecule has 0 saturated carbocycles. The highest BCUT2D eigenvalue weighted by molar-refractivity contribution is 8.02. The van der Waals surface area contributed by atoms with Gasteiger partial charge in [0.15, 0.2) is 10.3 Å². The SMILES string of the molecule is CSc1[s+]sc2c1-c1cc(C)ccc1NC2(C)C. The van der Waals surface area contributed by atoms with E-state index in [1.165, 1.54) is 31.5 Å². The summed E-state index contributed by atoms with van der Waals surface area (Å²) in [6, 6.07) is 6.69. The minimum atomic E-state index is 0.0345. The zero-order valence-corrected chi connectivity index (χ0v) is 13.4. The number of nitrogens with one attached hydrogen (secondary N) is 1. The summed E-state index contributed by atoms with van der Waals surface area (Å²) in [5, 5.41) is 3.66. The van der Waals surface area contributed by atoms with Crippen LogP contribution in [0.5, 0.6) is 0 Å². The minimum absolute atomic E-state index is 0.0345. The lowest BCUT2D eigenvalue weighted by molar-refractivity contribution is 0.619. The average molecular weight is 294 g/mol. The number of hydrogen-bond donors (Lipinski definition) is 1. The first-order valence-electron chi connectivity index (χ1n) is 5.93. The van der Waals surface area contributed by atoms with Crippen molar-refractivity contribution in [2.24, 2.45) is 0 Å². The Labute approximate surface area is 120 Å². The van der Waals surface area contributed by atoms with E-state index in [9.17, 15) is 0 Å². The van der Waals surface area contributed by atoms with E-state index < -0.39 is 0 Å². The van der Waals surface area contributed by atoms with E-state index in [0.717, 1.165) is 0 Å². The van der Waals surface area contributed by atoms with Crippen LogP contribution in [0.2, 0.25) is 0 Å². The maximum absolute atomic E-state index is 3.66. The Balaban J connectivity index is 2.33. The third kappa shape index (κ3) is 1.78. The lowest BCUT2D eigenvalue weighted by Crippen LogP contribution is -2.30. The Morgan fingerprint density at radius 2 is 2.11 bits per heavy atom. The van der Waals surface area contributed by atoms with Crippen LogP contribution in [-0.2, 0) is 5.54 Å². The molecule has 2 heterocycles. The summed E-state index contributed by atoms with van der Waals surface area (Å²) in [6.45, 7) is 6.69. The van der Waals surface area contributed by atoms with Crippen molar-refractivity contribution in [2.75, 3.05) is 11.6 Å². The van der Waals surface area contributed by atoms with Crippen LogP contribution in [-0.4, -0.2) is 6.26 Å². The van der Waals surface area contributed by atoms with Gasteiger partial charge in [-0.1, -0.05) is 23.4 Å². The summed E-state index contributed by atoms with van der Waals surface area (Å²) in [5.74, 6) is 0. The van der Waals surface area contributed by atoms with Gasteiger partial charge >= 0.3 is 10.3 Å². The highest BCUT2D eigenvalue weighted by Gasteiger charge is 2.39. The summed E-state index contributed by atoms with van der Waals surface area (Å²) in [5.41, 5.74) is 5.45. The van der Waals surface area contributed by atoms with Gasteiger partial charge in [0.05, 0.1) is 11.1 Å². The molecule has 1 aliphatic rings. The second-order valence-corrected chi connectivity index (χ2v) is 8.39. The van der Waals surface area contributed by atoms with Crippen molar-refractivity contribution in [3.8, 4) is 11.1 Å². The smallest absolute Gasteiger partial charge is 0.308 e. The highest BCUT2D eigenvalue weighted by Crippen LogP contribution is 2.52. The van der Waals surface area contributed by atoms with Crippen LogP contribution in [0.4, 0.5) is 5.69 Å². The Kier molecular flexibility index (Phi) is 2.92. The maximum Gasteiger partial charge on any atom is 0.308 e. The first kappa shape index (κ1) is 12.5. The van der Waals surface area contributed by atoms with Crippen molar-refractivity contribution in [3.05, 3.63) is 28.6 Å². The van der Waals surface area contributed by atoms with Crippen molar-refractivity contribution in [2.45, 2.75) is 30.5 Å². The van der Waals surface area contributed by atoms with E-state index in [0.29, 0.717) is 0 Å². The number of thioether (sulfide) groups is 1. The third-order valence-corrected chi connectivity index (χ3v) is 7.49. The molecule has 1 aromatic carbocycles. The molecule has 1 aliphatic heterocycles. The topological polar surface area (TPSA) is 12.0 Å². The fraction of sp³-hybridized carbons (Fsp3) is 0.357. The molecule has 0 saturated heterocycles. The predicted octanol–water partition coefficient (Wildman–Crippen LogP) is 5.45. The lowest BCUT2D eigenvalue weighted by Gasteiger charge is -2.32. The molecule has 18 heavy (non-hydrogen) atoms. The molecule has 3 rings (SSSR count). The van der Waals surface area contributed by atoms with Gasteiger partial charge in [-0.25, -0.2) is 0 Å². The normalized spacial score (nSPS) is 15.8. The summed E-state index contributed by atoms with van der Waals surface area (Å²) in [4.78, 5) is 1.47.